The van der Waals surface area contributed by atoms with E-state index in [0.717, 1.165) is 6.07 Å². The smallest absolute Gasteiger partial charge is 0.323 e. The maximum absolute atomic E-state index is 11.8. The summed E-state index contributed by atoms with van der Waals surface area (Å²) in [6, 6.07) is 7.94. The fourth-order valence-corrected chi connectivity index (χ4v) is 2.05. The van der Waals surface area contributed by atoms with Crippen molar-refractivity contribution in [2.45, 2.75) is 0 Å². The van der Waals surface area contributed by atoms with Crippen LogP contribution in [0, 0.1) is 0 Å². The van der Waals surface area contributed by atoms with Crippen LogP contribution >= 0.6 is 23.2 Å². The first-order chi connectivity index (χ1) is 9.45. The molecule has 0 aliphatic rings. The molecular formula is C13H10Cl2N2O3. The zero-order chi connectivity index (χ0) is 14.7. The van der Waals surface area contributed by atoms with Gasteiger partial charge in [-0.3, -0.25) is 0 Å². The number of hydrogen-bond acceptors (Lipinski definition) is 3. The van der Waals surface area contributed by atoms with E-state index in [0.29, 0.717) is 10.0 Å². The molecule has 0 aliphatic carbocycles. The molecule has 2 amide bonds. The van der Waals surface area contributed by atoms with E-state index in [1.165, 1.54) is 12.1 Å². The van der Waals surface area contributed by atoms with E-state index in [2.05, 4.69) is 10.6 Å². The molecule has 0 heterocycles. The summed E-state index contributed by atoms with van der Waals surface area (Å²) in [4.78, 5) is 11.8. The standard InChI is InChI=1S/C13H10Cl2N2O3/c14-10-2-1-3-11(15)12(10)17-13(20)16-7-4-8(18)6-9(19)5-7/h1-6,18-19H,(H2,16,17,20). The van der Waals surface area contributed by atoms with Crippen LogP contribution in [0.5, 0.6) is 11.5 Å². The van der Waals surface area contributed by atoms with Gasteiger partial charge in [-0.1, -0.05) is 29.3 Å². The molecule has 0 aromatic heterocycles. The SMILES string of the molecule is O=C(Nc1cc(O)cc(O)c1)Nc1c(Cl)cccc1Cl. The molecule has 2 aromatic carbocycles. The van der Waals surface area contributed by atoms with E-state index < -0.39 is 6.03 Å². The Bertz CT molecular complexity index is 622. The normalized spacial score (nSPS) is 10.1. The van der Waals surface area contributed by atoms with Gasteiger partial charge in [0.25, 0.3) is 0 Å². The van der Waals surface area contributed by atoms with E-state index in [4.69, 9.17) is 23.2 Å². The van der Waals surface area contributed by atoms with E-state index >= 15 is 0 Å². The number of benzene rings is 2. The number of halogens is 2. The van der Waals surface area contributed by atoms with Crippen molar-refractivity contribution in [1.82, 2.24) is 0 Å². The number of aromatic hydroxyl groups is 2. The molecule has 5 nitrogen and oxygen atoms in total. The minimum atomic E-state index is -0.606. The summed E-state index contributed by atoms with van der Waals surface area (Å²) in [5.41, 5.74) is 0.501. The lowest BCUT2D eigenvalue weighted by atomic mass is 10.3. The van der Waals surface area contributed by atoms with Gasteiger partial charge in [0.1, 0.15) is 11.5 Å². The molecule has 104 valence electrons. The molecule has 0 unspecified atom stereocenters. The zero-order valence-electron chi connectivity index (χ0n) is 10.0. The first-order valence-corrected chi connectivity index (χ1v) is 6.26. The first kappa shape index (κ1) is 14.3. The molecule has 2 rings (SSSR count). The highest BCUT2D eigenvalue weighted by atomic mass is 35.5. The Morgan fingerprint density at radius 2 is 1.50 bits per heavy atom. The van der Waals surface area contributed by atoms with Gasteiger partial charge in [0, 0.05) is 23.9 Å². The number of para-hydroxylation sites is 1. The van der Waals surface area contributed by atoms with Crippen molar-refractivity contribution in [1.29, 1.82) is 0 Å². The van der Waals surface area contributed by atoms with Gasteiger partial charge in [0.15, 0.2) is 0 Å². The summed E-state index contributed by atoms with van der Waals surface area (Å²) in [6.45, 7) is 0. The van der Waals surface area contributed by atoms with Gasteiger partial charge < -0.3 is 20.8 Å². The molecule has 20 heavy (non-hydrogen) atoms. The number of amides is 2. The molecular weight excluding hydrogens is 303 g/mol. The Morgan fingerprint density at radius 3 is 2.05 bits per heavy atom. The monoisotopic (exact) mass is 312 g/mol. The van der Waals surface area contributed by atoms with Crippen LogP contribution in [0.1, 0.15) is 0 Å². The van der Waals surface area contributed by atoms with Crippen LogP contribution in [-0.2, 0) is 0 Å². The van der Waals surface area contributed by atoms with Crippen molar-refractivity contribution in [3.63, 3.8) is 0 Å². The molecule has 0 fully saturated rings. The van der Waals surface area contributed by atoms with Gasteiger partial charge >= 0.3 is 6.03 Å². The maximum atomic E-state index is 11.8. The summed E-state index contributed by atoms with van der Waals surface area (Å²) in [5, 5.41) is 24.1. The number of hydrogen-bond donors (Lipinski definition) is 4. The highest BCUT2D eigenvalue weighted by Crippen LogP contribution is 2.30. The van der Waals surface area contributed by atoms with Crippen LogP contribution in [0.4, 0.5) is 16.2 Å². The minimum absolute atomic E-state index is 0.170. The van der Waals surface area contributed by atoms with Crippen LogP contribution in [0.3, 0.4) is 0 Å². The molecule has 0 saturated carbocycles. The van der Waals surface area contributed by atoms with Gasteiger partial charge in [0.05, 0.1) is 15.7 Å². The molecule has 7 heteroatoms. The average Bonchev–Trinajstić information content (AvgIpc) is 2.32. The molecule has 0 radical (unpaired) electrons. The predicted molar refractivity (Wildman–Crippen MR) is 78.9 cm³/mol. The van der Waals surface area contributed by atoms with Gasteiger partial charge in [-0.2, -0.15) is 0 Å². The lowest BCUT2D eigenvalue weighted by Crippen LogP contribution is -2.19. The van der Waals surface area contributed by atoms with Gasteiger partial charge in [-0.25, -0.2) is 4.79 Å². The number of nitrogens with one attached hydrogen (secondary N) is 2. The molecule has 0 aliphatic heterocycles. The lowest BCUT2D eigenvalue weighted by molar-refractivity contribution is 0.262. The van der Waals surface area contributed by atoms with E-state index in [-0.39, 0.29) is 22.9 Å². The fraction of sp³-hybridized carbons (Fsp3) is 0. The number of carbonyl (C=O) groups is 1. The topological polar surface area (TPSA) is 81.6 Å². The Morgan fingerprint density at radius 1 is 0.950 bits per heavy atom. The fourth-order valence-electron chi connectivity index (χ4n) is 1.56. The largest absolute Gasteiger partial charge is 0.508 e. The quantitative estimate of drug-likeness (QED) is 0.675. The van der Waals surface area contributed by atoms with Crippen molar-refractivity contribution >= 4 is 40.6 Å². The number of rotatable bonds is 2. The summed E-state index contributed by atoms with van der Waals surface area (Å²) in [5.74, 6) is -0.341. The number of carbonyl (C=O) groups excluding carboxylic acids is 1. The third kappa shape index (κ3) is 3.46. The van der Waals surface area contributed by atoms with E-state index in [1.54, 1.807) is 18.2 Å². The van der Waals surface area contributed by atoms with Crippen molar-refractivity contribution in [3.8, 4) is 11.5 Å². The molecule has 0 bridgehead atoms. The van der Waals surface area contributed by atoms with Crippen LogP contribution in [0.15, 0.2) is 36.4 Å². The number of phenols is 2. The van der Waals surface area contributed by atoms with Crippen LogP contribution < -0.4 is 10.6 Å². The van der Waals surface area contributed by atoms with Crippen molar-refractivity contribution in [2.75, 3.05) is 10.6 Å². The third-order valence-corrected chi connectivity index (χ3v) is 2.99. The Balaban J connectivity index is 2.13. The molecule has 0 saturated heterocycles. The predicted octanol–water partition coefficient (Wildman–Crippen LogP) is 4.05. The summed E-state index contributed by atoms with van der Waals surface area (Å²) in [7, 11) is 0. The third-order valence-electron chi connectivity index (χ3n) is 2.36. The van der Waals surface area contributed by atoms with E-state index in [9.17, 15) is 15.0 Å². The van der Waals surface area contributed by atoms with Gasteiger partial charge in [-0.05, 0) is 12.1 Å². The molecule has 4 N–H and O–H groups in total. The summed E-state index contributed by atoms with van der Waals surface area (Å²) in [6.07, 6.45) is 0. The van der Waals surface area contributed by atoms with Gasteiger partial charge in [0.2, 0.25) is 0 Å². The summed E-state index contributed by atoms with van der Waals surface area (Å²) < 4.78 is 0. The Kier molecular flexibility index (Phi) is 4.22. The van der Waals surface area contributed by atoms with Crippen LogP contribution in [0.2, 0.25) is 10.0 Å². The first-order valence-electron chi connectivity index (χ1n) is 5.51. The highest BCUT2D eigenvalue weighted by Gasteiger charge is 2.10. The Labute approximate surface area is 124 Å². The minimum Gasteiger partial charge on any atom is -0.508 e. The molecule has 2 aromatic rings. The van der Waals surface area contributed by atoms with Crippen molar-refractivity contribution < 1.29 is 15.0 Å². The van der Waals surface area contributed by atoms with Crippen molar-refractivity contribution in [3.05, 3.63) is 46.4 Å². The van der Waals surface area contributed by atoms with Crippen LogP contribution in [0.25, 0.3) is 0 Å². The lowest BCUT2D eigenvalue weighted by Gasteiger charge is -2.11. The number of urea groups is 1. The van der Waals surface area contributed by atoms with E-state index in [1.807, 2.05) is 0 Å². The average molecular weight is 313 g/mol. The number of anilines is 2. The zero-order valence-corrected chi connectivity index (χ0v) is 11.5. The summed E-state index contributed by atoms with van der Waals surface area (Å²) >= 11 is 11.8. The maximum Gasteiger partial charge on any atom is 0.323 e. The molecule has 0 atom stereocenters. The second-order valence-corrected chi connectivity index (χ2v) is 4.73. The highest BCUT2D eigenvalue weighted by molar-refractivity contribution is 6.39. The molecule has 0 spiro atoms. The second kappa shape index (κ2) is 5.90. The Hall–Kier alpha value is -2.11. The van der Waals surface area contributed by atoms with Crippen molar-refractivity contribution in [2.24, 2.45) is 0 Å². The van der Waals surface area contributed by atoms with Crippen LogP contribution in [-0.4, -0.2) is 16.2 Å². The number of phenolic OH excluding ortho intramolecular Hbond substituents is 2. The second-order valence-electron chi connectivity index (χ2n) is 3.91. The van der Waals surface area contributed by atoms with Gasteiger partial charge in [-0.15, -0.1) is 0 Å².